The lowest BCUT2D eigenvalue weighted by atomic mass is 10.1. The van der Waals surface area contributed by atoms with Gasteiger partial charge in [0.25, 0.3) is 0 Å². The first kappa shape index (κ1) is 24.8. The highest BCUT2D eigenvalue weighted by atomic mass is 32.2. The average molecular weight is 484 g/mol. The Kier molecular flexibility index (Phi) is 8.18. The molecule has 0 saturated heterocycles. The second-order valence-corrected chi connectivity index (χ2v) is 11.0. The molecule has 0 aliphatic carbocycles. The third kappa shape index (κ3) is 6.60. The van der Waals surface area contributed by atoms with Crippen molar-refractivity contribution in [3.63, 3.8) is 0 Å². The number of nitrogens with zero attached hydrogens (tertiary/aromatic N) is 2. The zero-order valence-electron chi connectivity index (χ0n) is 19.3. The maximum Gasteiger partial charge on any atom is 0.304 e. The Labute approximate surface area is 200 Å². The fraction of sp³-hybridized carbons (Fsp3) is 0.240. The predicted molar refractivity (Wildman–Crippen MR) is 137 cm³/mol. The number of hydrogen-bond acceptors (Lipinski definition) is 4. The Balaban J connectivity index is 1.70. The standard InChI is InChI=1S/C25H29N3O3S2/c1-19-10-11-20(2)24(16-19)28(33(30,31)27(3)4)17-25(29)26-22-14-12-21(13-15-22)18-32-23-8-6-5-7-9-23/h5-16H,17-18H2,1-4H3,(H,26,29). The van der Waals surface area contributed by atoms with Gasteiger partial charge in [0, 0.05) is 30.4 Å². The van der Waals surface area contributed by atoms with Crippen LogP contribution in [0.1, 0.15) is 16.7 Å². The number of nitrogens with one attached hydrogen (secondary N) is 1. The minimum absolute atomic E-state index is 0.323. The molecule has 6 nitrogen and oxygen atoms in total. The molecule has 0 heterocycles. The summed E-state index contributed by atoms with van der Waals surface area (Å²) in [7, 11) is -0.944. The number of carbonyl (C=O) groups excluding carboxylic acids is 1. The molecule has 0 bridgehead atoms. The third-order valence-electron chi connectivity index (χ3n) is 5.05. The van der Waals surface area contributed by atoms with Crippen molar-refractivity contribution < 1.29 is 13.2 Å². The molecule has 1 amide bonds. The summed E-state index contributed by atoms with van der Waals surface area (Å²) in [6.07, 6.45) is 0. The largest absolute Gasteiger partial charge is 0.325 e. The molecule has 0 aromatic heterocycles. The predicted octanol–water partition coefficient (Wildman–Crippen LogP) is 4.85. The number of hydrogen-bond donors (Lipinski definition) is 1. The van der Waals surface area contributed by atoms with Crippen molar-refractivity contribution in [2.45, 2.75) is 24.5 Å². The first-order chi connectivity index (χ1) is 15.7. The van der Waals surface area contributed by atoms with Gasteiger partial charge in [0.15, 0.2) is 0 Å². The van der Waals surface area contributed by atoms with Crippen LogP contribution in [0.3, 0.4) is 0 Å². The van der Waals surface area contributed by atoms with Crippen LogP contribution in [0.2, 0.25) is 0 Å². The van der Waals surface area contributed by atoms with Gasteiger partial charge >= 0.3 is 10.2 Å². The smallest absolute Gasteiger partial charge is 0.304 e. The van der Waals surface area contributed by atoms with E-state index in [-0.39, 0.29) is 6.54 Å². The van der Waals surface area contributed by atoms with Crippen molar-refractivity contribution in [2.24, 2.45) is 0 Å². The van der Waals surface area contributed by atoms with Crippen molar-refractivity contribution in [3.8, 4) is 0 Å². The van der Waals surface area contributed by atoms with Gasteiger partial charge in [-0.2, -0.15) is 12.7 Å². The molecule has 0 fully saturated rings. The van der Waals surface area contributed by atoms with Gasteiger partial charge in [-0.15, -0.1) is 11.8 Å². The second-order valence-electron chi connectivity index (χ2n) is 7.93. The van der Waals surface area contributed by atoms with E-state index < -0.39 is 16.1 Å². The van der Waals surface area contributed by atoms with E-state index in [2.05, 4.69) is 17.4 Å². The summed E-state index contributed by atoms with van der Waals surface area (Å²) < 4.78 is 28.2. The van der Waals surface area contributed by atoms with Crippen molar-refractivity contribution in [1.29, 1.82) is 0 Å². The van der Waals surface area contributed by atoms with Crippen LogP contribution in [0.25, 0.3) is 0 Å². The molecule has 0 saturated carbocycles. The Morgan fingerprint density at radius 2 is 1.61 bits per heavy atom. The summed E-state index contributed by atoms with van der Waals surface area (Å²) in [4.78, 5) is 14.0. The number of rotatable bonds is 9. The second kappa shape index (κ2) is 10.9. The quantitative estimate of drug-likeness (QED) is 0.442. The number of anilines is 2. The van der Waals surface area contributed by atoms with Crippen molar-refractivity contribution in [3.05, 3.63) is 89.5 Å². The summed E-state index contributed by atoms with van der Waals surface area (Å²) in [6.45, 7) is 3.40. The number of benzene rings is 3. The van der Waals surface area contributed by atoms with Gasteiger partial charge in [0.1, 0.15) is 6.54 Å². The molecule has 33 heavy (non-hydrogen) atoms. The number of carbonyl (C=O) groups is 1. The van der Waals surface area contributed by atoms with E-state index in [4.69, 9.17) is 0 Å². The first-order valence-corrected chi connectivity index (χ1v) is 12.9. The molecular weight excluding hydrogens is 454 g/mol. The Bertz CT molecular complexity index is 1200. The minimum Gasteiger partial charge on any atom is -0.325 e. The summed E-state index contributed by atoms with van der Waals surface area (Å²) in [5.41, 5.74) is 3.94. The van der Waals surface area contributed by atoms with Crippen LogP contribution in [-0.2, 0) is 20.8 Å². The first-order valence-electron chi connectivity index (χ1n) is 10.5. The molecule has 0 aliphatic heterocycles. The lowest BCUT2D eigenvalue weighted by Crippen LogP contribution is -2.44. The lowest BCUT2D eigenvalue weighted by molar-refractivity contribution is -0.114. The normalized spacial score (nSPS) is 11.4. The molecule has 3 rings (SSSR count). The zero-order chi connectivity index (χ0) is 24.0. The van der Waals surface area contributed by atoms with Gasteiger partial charge in [0.05, 0.1) is 5.69 Å². The number of amides is 1. The van der Waals surface area contributed by atoms with Gasteiger partial charge in [-0.3, -0.25) is 4.79 Å². The van der Waals surface area contributed by atoms with E-state index in [9.17, 15) is 13.2 Å². The van der Waals surface area contributed by atoms with Gasteiger partial charge in [0.2, 0.25) is 5.91 Å². The summed E-state index contributed by atoms with van der Waals surface area (Å²) in [5, 5.41) is 2.82. The van der Waals surface area contributed by atoms with Crippen molar-refractivity contribution in [2.75, 3.05) is 30.3 Å². The molecular formula is C25H29N3O3S2. The van der Waals surface area contributed by atoms with E-state index in [1.807, 2.05) is 68.4 Å². The molecule has 174 valence electrons. The Morgan fingerprint density at radius 1 is 0.939 bits per heavy atom. The average Bonchev–Trinajstić information content (AvgIpc) is 2.79. The van der Waals surface area contributed by atoms with E-state index >= 15 is 0 Å². The zero-order valence-corrected chi connectivity index (χ0v) is 20.9. The number of aryl methyl sites for hydroxylation is 2. The highest BCUT2D eigenvalue weighted by Gasteiger charge is 2.28. The summed E-state index contributed by atoms with van der Waals surface area (Å²) >= 11 is 1.74. The van der Waals surface area contributed by atoms with E-state index in [0.29, 0.717) is 11.4 Å². The third-order valence-corrected chi connectivity index (χ3v) is 7.94. The van der Waals surface area contributed by atoms with Crippen molar-refractivity contribution >= 4 is 39.3 Å². The molecule has 0 atom stereocenters. The fourth-order valence-electron chi connectivity index (χ4n) is 3.17. The molecule has 8 heteroatoms. The molecule has 0 radical (unpaired) electrons. The molecule has 3 aromatic rings. The van der Waals surface area contributed by atoms with Crippen LogP contribution < -0.4 is 9.62 Å². The van der Waals surface area contributed by atoms with Gasteiger partial charge in [-0.25, -0.2) is 4.31 Å². The molecule has 0 unspecified atom stereocenters. The van der Waals surface area contributed by atoms with Crippen LogP contribution in [-0.4, -0.2) is 39.3 Å². The van der Waals surface area contributed by atoms with E-state index in [1.165, 1.54) is 19.0 Å². The Morgan fingerprint density at radius 3 is 2.24 bits per heavy atom. The van der Waals surface area contributed by atoms with Crippen LogP contribution in [0.15, 0.2) is 77.7 Å². The highest BCUT2D eigenvalue weighted by Crippen LogP contribution is 2.26. The van der Waals surface area contributed by atoms with Gasteiger partial charge < -0.3 is 5.32 Å². The van der Waals surface area contributed by atoms with Gasteiger partial charge in [-0.1, -0.05) is 42.5 Å². The highest BCUT2D eigenvalue weighted by molar-refractivity contribution is 7.98. The topological polar surface area (TPSA) is 69.7 Å². The van der Waals surface area contributed by atoms with Gasteiger partial charge in [-0.05, 0) is 60.9 Å². The summed E-state index contributed by atoms with van der Waals surface area (Å²) in [5.74, 6) is 0.410. The maximum absolute atomic E-state index is 13.0. The van der Waals surface area contributed by atoms with E-state index in [0.717, 1.165) is 31.1 Å². The summed E-state index contributed by atoms with van der Waals surface area (Å²) in [6, 6.07) is 23.3. The van der Waals surface area contributed by atoms with Crippen LogP contribution in [0, 0.1) is 13.8 Å². The van der Waals surface area contributed by atoms with Crippen molar-refractivity contribution in [1.82, 2.24) is 4.31 Å². The van der Waals surface area contributed by atoms with Crippen LogP contribution >= 0.6 is 11.8 Å². The minimum atomic E-state index is -3.86. The van der Waals surface area contributed by atoms with E-state index in [1.54, 1.807) is 17.8 Å². The SMILES string of the molecule is Cc1ccc(C)c(N(CC(=O)Nc2ccc(CSc3ccccc3)cc2)S(=O)(=O)N(C)C)c1. The lowest BCUT2D eigenvalue weighted by Gasteiger charge is -2.28. The fourth-order valence-corrected chi connectivity index (χ4v) is 5.17. The molecule has 1 N–H and O–H groups in total. The van der Waals surface area contributed by atoms with Crippen LogP contribution in [0.4, 0.5) is 11.4 Å². The molecule has 0 aliphatic rings. The monoisotopic (exact) mass is 483 g/mol. The molecule has 3 aromatic carbocycles. The molecule has 0 spiro atoms. The Hall–Kier alpha value is -2.81. The van der Waals surface area contributed by atoms with Crippen LogP contribution in [0.5, 0.6) is 0 Å². The number of thioether (sulfide) groups is 1. The maximum atomic E-state index is 13.0.